The van der Waals surface area contributed by atoms with Crippen LogP contribution in [0.2, 0.25) is 0 Å². The zero-order chi connectivity index (χ0) is 13.4. The van der Waals surface area contributed by atoms with Gasteiger partial charge in [0.25, 0.3) is 0 Å². The number of aryl methyl sites for hydroxylation is 1. The van der Waals surface area contributed by atoms with E-state index in [9.17, 15) is 0 Å². The van der Waals surface area contributed by atoms with Crippen molar-refractivity contribution in [2.75, 3.05) is 0 Å². The molecule has 3 rings (SSSR count). The minimum atomic E-state index is -0.119. The lowest BCUT2D eigenvalue weighted by molar-refractivity contribution is 0.936. The van der Waals surface area contributed by atoms with E-state index in [1.807, 2.05) is 37.4 Å². The lowest BCUT2D eigenvalue weighted by Gasteiger charge is -2.09. The Hall–Kier alpha value is -1.87. The van der Waals surface area contributed by atoms with Gasteiger partial charge in [-0.1, -0.05) is 6.07 Å². The van der Waals surface area contributed by atoms with Gasteiger partial charge in [0.05, 0.1) is 16.8 Å². The Labute approximate surface area is 116 Å². The van der Waals surface area contributed by atoms with Crippen molar-refractivity contribution < 1.29 is 0 Å². The summed E-state index contributed by atoms with van der Waals surface area (Å²) in [7, 11) is 0. The van der Waals surface area contributed by atoms with Gasteiger partial charge in [0, 0.05) is 23.7 Å². The van der Waals surface area contributed by atoms with Crippen LogP contribution in [-0.2, 0) is 0 Å². The first-order chi connectivity index (χ1) is 9.18. The number of pyridine rings is 2. The zero-order valence-corrected chi connectivity index (χ0v) is 11.6. The van der Waals surface area contributed by atoms with Crippen LogP contribution < -0.4 is 0 Å². The standard InChI is InChI=1S/C15H14ClN3/c1-10-5-3-7-13-18-14(12-6-4-8-17-9-12)15(11(2)16)19(10)13/h3-9,11H,1-2H3. The molecule has 0 saturated heterocycles. The minimum Gasteiger partial charge on any atom is -0.299 e. The second kappa shape index (κ2) is 4.67. The lowest BCUT2D eigenvalue weighted by Crippen LogP contribution is -1.98. The third-order valence-electron chi connectivity index (χ3n) is 3.19. The van der Waals surface area contributed by atoms with E-state index >= 15 is 0 Å². The van der Waals surface area contributed by atoms with E-state index in [4.69, 9.17) is 16.6 Å². The Kier molecular flexibility index (Phi) is 2.99. The SMILES string of the molecule is Cc1cccc2nc(-c3cccnc3)c(C(C)Cl)n12. The number of hydrogen-bond acceptors (Lipinski definition) is 2. The summed E-state index contributed by atoms with van der Waals surface area (Å²) < 4.78 is 2.11. The van der Waals surface area contributed by atoms with Gasteiger partial charge in [-0.3, -0.25) is 9.38 Å². The quantitative estimate of drug-likeness (QED) is 0.660. The molecule has 0 aromatic carbocycles. The topological polar surface area (TPSA) is 30.2 Å². The molecule has 0 aliphatic heterocycles. The van der Waals surface area contributed by atoms with E-state index in [-0.39, 0.29) is 5.38 Å². The second-order valence-corrected chi connectivity index (χ2v) is 5.22. The summed E-state index contributed by atoms with van der Waals surface area (Å²) >= 11 is 6.37. The van der Waals surface area contributed by atoms with E-state index in [1.165, 1.54) is 0 Å². The summed E-state index contributed by atoms with van der Waals surface area (Å²) in [6.07, 6.45) is 3.58. The molecule has 0 amide bonds. The zero-order valence-electron chi connectivity index (χ0n) is 10.8. The molecule has 0 N–H and O–H groups in total. The highest BCUT2D eigenvalue weighted by Gasteiger charge is 2.18. The van der Waals surface area contributed by atoms with Crippen molar-refractivity contribution in [2.24, 2.45) is 0 Å². The summed E-state index contributed by atoms with van der Waals surface area (Å²) in [5.74, 6) is 0. The van der Waals surface area contributed by atoms with Crippen molar-refractivity contribution in [1.29, 1.82) is 0 Å². The van der Waals surface area contributed by atoms with Gasteiger partial charge < -0.3 is 0 Å². The molecule has 0 bridgehead atoms. The van der Waals surface area contributed by atoms with Crippen LogP contribution in [0.4, 0.5) is 0 Å². The molecule has 1 atom stereocenters. The van der Waals surface area contributed by atoms with Gasteiger partial charge in [-0.15, -0.1) is 11.6 Å². The van der Waals surface area contributed by atoms with E-state index in [1.54, 1.807) is 6.20 Å². The molecule has 1 unspecified atom stereocenters. The molecular formula is C15H14ClN3. The van der Waals surface area contributed by atoms with Gasteiger partial charge in [0.1, 0.15) is 5.65 Å². The van der Waals surface area contributed by atoms with Crippen molar-refractivity contribution in [2.45, 2.75) is 19.2 Å². The van der Waals surface area contributed by atoms with Gasteiger partial charge in [0.2, 0.25) is 0 Å². The number of aromatic nitrogens is 3. The van der Waals surface area contributed by atoms with Gasteiger partial charge in [-0.2, -0.15) is 0 Å². The predicted octanol–water partition coefficient (Wildman–Crippen LogP) is 4.00. The van der Waals surface area contributed by atoms with Crippen molar-refractivity contribution in [3.05, 3.63) is 54.1 Å². The van der Waals surface area contributed by atoms with Crippen molar-refractivity contribution >= 4 is 17.2 Å². The smallest absolute Gasteiger partial charge is 0.137 e. The Bertz CT molecular complexity index is 717. The molecule has 0 aliphatic rings. The summed E-state index contributed by atoms with van der Waals surface area (Å²) in [5, 5.41) is -0.119. The number of halogens is 1. The predicted molar refractivity (Wildman–Crippen MR) is 77.4 cm³/mol. The molecule has 3 nitrogen and oxygen atoms in total. The molecule has 0 saturated carbocycles. The highest BCUT2D eigenvalue weighted by molar-refractivity contribution is 6.20. The maximum Gasteiger partial charge on any atom is 0.137 e. The average Bonchev–Trinajstić information content (AvgIpc) is 2.81. The van der Waals surface area contributed by atoms with Gasteiger partial charge in [-0.05, 0) is 38.1 Å². The number of rotatable bonds is 2. The van der Waals surface area contributed by atoms with E-state index in [0.29, 0.717) is 0 Å². The fourth-order valence-corrected chi connectivity index (χ4v) is 2.56. The molecule has 3 aromatic rings. The minimum absolute atomic E-state index is 0.119. The summed E-state index contributed by atoms with van der Waals surface area (Å²) in [6.45, 7) is 4.03. The van der Waals surface area contributed by atoms with Crippen LogP contribution in [0.1, 0.15) is 23.7 Å². The maximum absolute atomic E-state index is 6.37. The molecule has 4 heteroatoms. The Morgan fingerprint density at radius 2 is 2.05 bits per heavy atom. The first-order valence-electron chi connectivity index (χ1n) is 6.21. The van der Waals surface area contributed by atoms with Crippen molar-refractivity contribution in [3.8, 4) is 11.3 Å². The number of alkyl halides is 1. The highest BCUT2D eigenvalue weighted by Crippen LogP contribution is 2.32. The number of nitrogens with zero attached hydrogens (tertiary/aromatic N) is 3. The monoisotopic (exact) mass is 271 g/mol. The number of hydrogen-bond donors (Lipinski definition) is 0. The molecule has 3 heterocycles. The van der Waals surface area contributed by atoms with Crippen LogP contribution in [0, 0.1) is 6.92 Å². The Morgan fingerprint density at radius 1 is 1.21 bits per heavy atom. The molecule has 0 radical (unpaired) electrons. The molecule has 0 fully saturated rings. The maximum atomic E-state index is 6.37. The van der Waals surface area contributed by atoms with E-state index in [0.717, 1.165) is 28.3 Å². The molecule has 19 heavy (non-hydrogen) atoms. The van der Waals surface area contributed by atoms with E-state index < -0.39 is 0 Å². The first kappa shape index (κ1) is 12.2. The van der Waals surface area contributed by atoms with E-state index in [2.05, 4.69) is 22.4 Å². The molecular weight excluding hydrogens is 258 g/mol. The molecule has 0 aliphatic carbocycles. The Balaban J connectivity index is 2.37. The highest BCUT2D eigenvalue weighted by atomic mass is 35.5. The van der Waals surface area contributed by atoms with Crippen molar-refractivity contribution in [3.63, 3.8) is 0 Å². The number of fused-ring (bicyclic) bond motifs is 1. The fourth-order valence-electron chi connectivity index (χ4n) is 2.36. The number of imidazole rings is 1. The van der Waals surface area contributed by atoms with Gasteiger partial charge in [0.15, 0.2) is 0 Å². The van der Waals surface area contributed by atoms with Crippen LogP contribution in [0.5, 0.6) is 0 Å². The summed E-state index contributed by atoms with van der Waals surface area (Å²) in [5.41, 5.74) is 4.96. The lowest BCUT2D eigenvalue weighted by atomic mass is 10.1. The fraction of sp³-hybridized carbons (Fsp3) is 0.200. The average molecular weight is 272 g/mol. The van der Waals surface area contributed by atoms with Gasteiger partial charge >= 0.3 is 0 Å². The van der Waals surface area contributed by atoms with Crippen molar-refractivity contribution in [1.82, 2.24) is 14.4 Å². The van der Waals surface area contributed by atoms with Crippen LogP contribution in [0.3, 0.4) is 0 Å². The first-order valence-corrected chi connectivity index (χ1v) is 6.64. The van der Waals surface area contributed by atoms with Crippen LogP contribution >= 0.6 is 11.6 Å². The summed E-state index contributed by atoms with van der Waals surface area (Å²) in [6, 6.07) is 9.98. The second-order valence-electron chi connectivity index (χ2n) is 4.56. The molecule has 96 valence electrons. The molecule has 0 spiro atoms. The summed E-state index contributed by atoms with van der Waals surface area (Å²) in [4.78, 5) is 8.87. The third-order valence-corrected chi connectivity index (χ3v) is 3.39. The normalized spacial score (nSPS) is 12.8. The third kappa shape index (κ3) is 2.00. The van der Waals surface area contributed by atoms with Gasteiger partial charge in [-0.25, -0.2) is 4.98 Å². The Morgan fingerprint density at radius 3 is 2.74 bits per heavy atom. The van der Waals surface area contributed by atoms with Crippen LogP contribution in [-0.4, -0.2) is 14.4 Å². The largest absolute Gasteiger partial charge is 0.299 e. The van der Waals surface area contributed by atoms with Crippen LogP contribution in [0.15, 0.2) is 42.7 Å². The van der Waals surface area contributed by atoms with Crippen LogP contribution in [0.25, 0.3) is 16.9 Å². The molecule has 3 aromatic heterocycles.